The minimum Gasteiger partial charge on any atom is -0.462 e. The number of anilines is 1. The van der Waals surface area contributed by atoms with Crippen LogP contribution in [-0.2, 0) is 22.7 Å². The summed E-state index contributed by atoms with van der Waals surface area (Å²) in [7, 11) is 1.18. The number of thiophene rings is 1. The molecule has 0 aliphatic heterocycles. The average Bonchev–Trinajstić information content (AvgIpc) is 3.15. The van der Waals surface area contributed by atoms with E-state index >= 15 is 0 Å². The Morgan fingerprint density at radius 2 is 1.84 bits per heavy atom. The fourth-order valence-electron chi connectivity index (χ4n) is 2.59. The summed E-state index contributed by atoms with van der Waals surface area (Å²) in [5, 5.41) is 5.69. The van der Waals surface area contributed by atoms with Gasteiger partial charge in [0.1, 0.15) is 15.6 Å². The van der Waals surface area contributed by atoms with Crippen LogP contribution in [0.5, 0.6) is 0 Å². The SMILES string of the molecule is CCCOC(=O)c1c(NC(=O)c2c(Br)c(C(F)(F)F)nn2C)sc(C(=O)OCC)c1C. The van der Waals surface area contributed by atoms with Crippen LogP contribution in [0.2, 0.25) is 0 Å². The topological polar surface area (TPSA) is 99.5 Å². The number of aryl methyl sites for hydroxylation is 1. The van der Waals surface area contributed by atoms with Crippen LogP contribution in [-0.4, -0.2) is 40.8 Å². The zero-order valence-electron chi connectivity index (χ0n) is 17.0. The number of carbonyl (C=O) groups is 3. The maximum atomic E-state index is 13.1. The molecule has 0 atom stereocenters. The molecule has 13 heteroatoms. The number of halogens is 4. The zero-order chi connectivity index (χ0) is 23.5. The Labute approximate surface area is 187 Å². The summed E-state index contributed by atoms with van der Waals surface area (Å²) in [5.74, 6) is -2.43. The van der Waals surface area contributed by atoms with Gasteiger partial charge in [0, 0.05) is 7.05 Å². The van der Waals surface area contributed by atoms with E-state index in [0.29, 0.717) is 6.42 Å². The molecule has 0 radical (unpaired) electrons. The fraction of sp³-hybridized carbons (Fsp3) is 0.444. The van der Waals surface area contributed by atoms with Crippen molar-refractivity contribution in [1.82, 2.24) is 9.78 Å². The number of alkyl halides is 3. The summed E-state index contributed by atoms with van der Waals surface area (Å²) in [6.07, 6.45) is -4.23. The van der Waals surface area contributed by atoms with Gasteiger partial charge in [0.05, 0.1) is 23.2 Å². The summed E-state index contributed by atoms with van der Waals surface area (Å²) in [6, 6.07) is 0. The van der Waals surface area contributed by atoms with Gasteiger partial charge in [-0.3, -0.25) is 9.48 Å². The van der Waals surface area contributed by atoms with Crippen molar-refractivity contribution >= 4 is 50.1 Å². The molecule has 1 N–H and O–H groups in total. The zero-order valence-corrected chi connectivity index (χ0v) is 19.4. The second-order valence-corrected chi connectivity index (χ2v) is 8.02. The molecule has 2 heterocycles. The van der Waals surface area contributed by atoms with E-state index in [9.17, 15) is 27.6 Å². The molecule has 0 fully saturated rings. The lowest BCUT2D eigenvalue weighted by Gasteiger charge is -2.08. The first-order valence-corrected chi connectivity index (χ1v) is 10.6. The molecular weight excluding hydrogens is 507 g/mol. The van der Waals surface area contributed by atoms with Crippen LogP contribution in [0.3, 0.4) is 0 Å². The molecule has 0 unspecified atom stereocenters. The molecule has 2 rings (SSSR count). The summed E-state index contributed by atoms with van der Waals surface area (Å²) >= 11 is 3.54. The van der Waals surface area contributed by atoms with Gasteiger partial charge < -0.3 is 14.8 Å². The first-order chi connectivity index (χ1) is 14.4. The van der Waals surface area contributed by atoms with E-state index < -0.39 is 39.9 Å². The van der Waals surface area contributed by atoms with Crippen molar-refractivity contribution < 1.29 is 37.0 Å². The third kappa shape index (κ3) is 5.26. The average molecular weight is 526 g/mol. The van der Waals surface area contributed by atoms with E-state index in [4.69, 9.17) is 9.47 Å². The molecular formula is C18H19BrF3N3O5S. The number of carbonyl (C=O) groups excluding carboxylic acids is 3. The highest BCUT2D eigenvalue weighted by Crippen LogP contribution is 2.37. The molecule has 0 saturated heterocycles. The molecule has 2 aromatic heterocycles. The number of esters is 2. The molecule has 0 bridgehead atoms. The van der Waals surface area contributed by atoms with Gasteiger partial charge in [0.25, 0.3) is 5.91 Å². The Hall–Kier alpha value is -2.41. The monoisotopic (exact) mass is 525 g/mol. The van der Waals surface area contributed by atoms with Gasteiger partial charge in [0.2, 0.25) is 0 Å². The predicted octanol–water partition coefficient (Wildman–Crippen LogP) is 4.57. The minimum absolute atomic E-state index is 0.0479. The lowest BCUT2D eigenvalue weighted by molar-refractivity contribution is -0.142. The molecule has 170 valence electrons. The van der Waals surface area contributed by atoms with Crippen LogP contribution in [0.15, 0.2) is 4.47 Å². The standard InChI is InChI=1S/C18H19BrF3N3O5S/c1-5-7-30-16(27)9-8(3)12(17(28)29-6-2)31-15(9)23-14(26)11-10(19)13(18(20,21)22)24-25(11)4/h5-7H2,1-4H3,(H,23,26). The normalized spacial score (nSPS) is 11.4. The van der Waals surface area contributed by atoms with Gasteiger partial charge in [-0.05, 0) is 41.8 Å². The van der Waals surface area contributed by atoms with Gasteiger partial charge >= 0.3 is 18.1 Å². The minimum atomic E-state index is -4.78. The van der Waals surface area contributed by atoms with Crippen LogP contribution in [0, 0.1) is 6.92 Å². The Kier molecular flexibility index (Phi) is 7.87. The predicted molar refractivity (Wildman–Crippen MR) is 109 cm³/mol. The summed E-state index contributed by atoms with van der Waals surface area (Å²) in [6.45, 7) is 5.09. The highest BCUT2D eigenvalue weighted by Gasteiger charge is 2.39. The van der Waals surface area contributed by atoms with Gasteiger partial charge in [-0.15, -0.1) is 11.3 Å². The van der Waals surface area contributed by atoms with Crippen LogP contribution in [0.4, 0.5) is 18.2 Å². The maximum Gasteiger partial charge on any atom is 0.436 e. The van der Waals surface area contributed by atoms with Crippen LogP contribution < -0.4 is 5.32 Å². The van der Waals surface area contributed by atoms with E-state index in [1.54, 1.807) is 13.8 Å². The number of rotatable bonds is 7. The molecule has 0 spiro atoms. The molecule has 0 aliphatic carbocycles. The Morgan fingerprint density at radius 3 is 2.35 bits per heavy atom. The summed E-state index contributed by atoms with van der Waals surface area (Å²) in [4.78, 5) is 37.6. The number of hydrogen-bond donors (Lipinski definition) is 1. The molecule has 1 amide bonds. The third-order valence-electron chi connectivity index (χ3n) is 3.95. The Morgan fingerprint density at radius 1 is 1.19 bits per heavy atom. The highest BCUT2D eigenvalue weighted by molar-refractivity contribution is 9.10. The van der Waals surface area contributed by atoms with Gasteiger partial charge in [-0.2, -0.15) is 18.3 Å². The fourth-order valence-corrected chi connectivity index (χ4v) is 4.42. The van der Waals surface area contributed by atoms with E-state index in [0.717, 1.165) is 16.0 Å². The molecule has 8 nitrogen and oxygen atoms in total. The smallest absolute Gasteiger partial charge is 0.436 e. The number of hydrogen-bond acceptors (Lipinski definition) is 7. The van der Waals surface area contributed by atoms with E-state index in [2.05, 4.69) is 26.3 Å². The number of amides is 1. The van der Waals surface area contributed by atoms with E-state index in [-0.39, 0.29) is 34.2 Å². The van der Waals surface area contributed by atoms with E-state index in [1.165, 1.54) is 14.0 Å². The lowest BCUT2D eigenvalue weighted by atomic mass is 10.1. The van der Waals surface area contributed by atoms with Crippen molar-refractivity contribution in [2.24, 2.45) is 7.05 Å². The number of ether oxygens (including phenoxy) is 2. The van der Waals surface area contributed by atoms with Crippen molar-refractivity contribution in [2.45, 2.75) is 33.4 Å². The van der Waals surface area contributed by atoms with Crippen LogP contribution in [0.1, 0.15) is 62.0 Å². The molecule has 0 saturated carbocycles. The number of nitrogens with zero attached hydrogens (tertiary/aromatic N) is 2. The van der Waals surface area contributed by atoms with Crippen LogP contribution in [0.25, 0.3) is 0 Å². The highest BCUT2D eigenvalue weighted by atomic mass is 79.9. The van der Waals surface area contributed by atoms with Gasteiger partial charge in [0.15, 0.2) is 5.69 Å². The summed E-state index contributed by atoms with van der Waals surface area (Å²) in [5.41, 5.74) is -1.51. The molecule has 2 aromatic rings. The lowest BCUT2D eigenvalue weighted by Crippen LogP contribution is -2.18. The van der Waals surface area contributed by atoms with Crippen molar-refractivity contribution in [2.75, 3.05) is 18.5 Å². The van der Waals surface area contributed by atoms with Crippen LogP contribution >= 0.6 is 27.3 Å². The number of aromatic nitrogens is 2. The Balaban J connectivity index is 2.49. The second kappa shape index (κ2) is 9.81. The van der Waals surface area contributed by atoms with Gasteiger partial charge in [-0.25, -0.2) is 9.59 Å². The summed E-state index contributed by atoms with van der Waals surface area (Å²) < 4.78 is 49.6. The van der Waals surface area contributed by atoms with Crippen molar-refractivity contribution in [3.8, 4) is 0 Å². The quantitative estimate of drug-likeness (QED) is 0.531. The first kappa shape index (κ1) is 24.9. The van der Waals surface area contributed by atoms with Crippen molar-refractivity contribution in [1.29, 1.82) is 0 Å². The number of nitrogens with one attached hydrogen (secondary N) is 1. The molecule has 0 aliphatic rings. The van der Waals surface area contributed by atoms with E-state index in [1.807, 2.05) is 0 Å². The molecule has 31 heavy (non-hydrogen) atoms. The van der Waals surface area contributed by atoms with Crippen molar-refractivity contribution in [3.05, 3.63) is 31.9 Å². The third-order valence-corrected chi connectivity index (χ3v) is 5.89. The van der Waals surface area contributed by atoms with Gasteiger partial charge in [-0.1, -0.05) is 6.92 Å². The van der Waals surface area contributed by atoms with Crippen molar-refractivity contribution in [3.63, 3.8) is 0 Å². The maximum absolute atomic E-state index is 13.1. The molecule has 0 aromatic carbocycles. The first-order valence-electron chi connectivity index (χ1n) is 9.02. The Bertz CT molecular complexity index is 1020. The second-order valence-electron chi connectivity index (χ2n) is 6.20. The largest absolute Gasteiger partial charge is 0.462 e.